The van der Waals surface area contributed by atoms with E-state index in [1.807, 2.05) is 36.4 Å². The van der Waals surface area contributed by atoms with Crippen LogP contribution in [-0.2, 0) is 38.4 Å². The maximum Gasteiger partial charge on any atom is 0.329 e. The standard InChI is InChI=1S/C29H29N3O5S2/c1-2-37-28(36)24(14-18-8-4-3-5-9-18)32-26(33)25(39-29(32)38)17-31-23(27(34)35)16-22(30-31)21-13-12-19-10-6-7-11-20(19)15-21/h3-5,8-9,12-13,15,17,23-24H,2,6-7,10-11,14,16H2,1H3,(H,34,35)/b25-17-. The molecule has 39 heavy (non-hydrogen) atoms. The van der Waals surface area contributed by atoms with Gasteiger partial charge in [0.15, 0.2) is 6.04 Å². The number of ether oxygens (including phenoxy) is 1. The van der Waals surface area contributed by atoms with E-state index in [4.69, 9.17) is 17.0 Å². The second kappa shape index (κ2) is 11.7. The van der Waals surface area contributed by atoms with Crippen molar-refractivity contribution in [3.63, 3.8) is 0 Å². The minimum Gasteiger partial charge on any atom is -0.480 e. The van der Waals surface area contributed by atoms with Gasteiger partial charge >= 0.3 is 11.9 Å². The number of carbonyl (C=O) groups excluding carboxylic acids is 2. The molecule has 2 aromatic carbocycles. The molecular formula is C29H29N3O5S2. The van der Waals surface area contributed by atoms with Gasteiger partial charge in [-0.15, -0.1) is 0 Å². The molecule has 0 aromatic heterocycles. The molecule has 0 bridgehead atoms. The van der Waals surface area contributed by atoms with Gasteiger partial charge in [0.25, 0.3) is 5.91 Å². The highest BCUT2D eigenvalue weighted by Gasteiger charge is 2.42. The zero-order valence-electron chi connectivity index (χ0n) is 21.5. The maximum absolute atomic E-state index is 13.6. The van der Waals surface area contributed by atoms with E-state index in [-0.39, 0.29) is 28.7 Å². The van der Waals surface area contributed by atoms with E-state index in [9.17, 15) is 19.5 Å². The molecule has 0 spiro atoms. The Labute approximate surface area is 236 Å². The minimum atomic E-state index is -1.04. The average molecular weight is 564 g/mol. The number of thiocarbonyl (C=S) groups is 1. The van der Waals surface area contributed by atoms with Crippen molar-refractivity contribution in [1.29, 1.82) is 0 Å². The molecule has 2 aromatic rings. The highest BCUT2D eigenvalue weighted by atomic mass is 32.2. The Kier molecular flexibility index (Phi) is 8.13. The predicted octanol–water partition coefficient (Wildman–Crippen LogP) is 4.30. The van der Waals surface area contributed by atoms with Gasteiger partial charge in [-0.3, -0.25) is 14.7 Å². The summed E-state index contributed by atoms with van der Waals surface area (Å²) in [5.74, 6) is -2.05. The summed E-state index contributed by atoms with van der Waals surface area (Å²) in [7, 11) is 0. The lowest BCUT2D eigenvalue weighted by atomic mass is 9.89. The van der Waals surface area contributed by atoms with Crippen LogP contribution in [0, 0.1) is 0 Å². The first-order valence-electron chi connectivity index (χ1n) is 13.0. The van der Waals surface area contributed by atoms with Crippen molar-refractivity contribution in [2.45, 2.75) is 57.5 Å². The third-order valence-corrected chi connectivity index (χ3v) is 8.44. The topological polar surface area (TPSA) is 99.5 Å². The Bertz CT molecular complexity index is 1370. The molecule has 202 valence electrons. The van der Waals surface area contributed by atoms with Crippen molar-refractivity contribution in [2.75, 3.05) is 6.61 Å². The van der Waals surface area contributed by atoms with E-state index in [0.717, 1.165) is 42.2 Å². The van der Waals surface area contributed by atoms with Gasteiger partial charge in [-0.1, -0.05) is 66.4 Å². The Morgan fingerprint density at radius 3 is 2.64 bits per heavy atom. The zero-order chi connectivity index (χ0) is 27.5. The van der Waals surface area contributed by atoms with E-state index >= 15 is 0 Å². The SMILES string of the molecule is CCOC(=O)C(Cc1ccccc1)N1C(=O)/C(=C/N2N=C(c3ccc4c(c3)CCCC4)CC2C(=O)O)SC1=S. The van der Waals surface area contributed by atoms with Gasteiger partial charge in [0.1, 0.15) is 10.4 Å². The van der Waals surface area contributed by atoms with Crippen LogP contribution < -0.4 is 0 Å². The first-order valence-corrected chi connectivity index (χ1v) is 14.3. The number of aliphatic carboxylic acids is 1. The fourth-order valence-corrected chi connectivity index (χ4v) is 6.47. The number of hydrazone groups is 1. The number of esters is 1. The molecule has 2 atom stereocenters. The van der Waals surface area contributed by atoms with Crippen molar-refractivity contribution in [3.05, 3.63) is 81.9 Å². The molecule has 1 N–H and O–H groups in total. The van der Waals surface area contributed by atoms with Crippen molar-refractivity contribution < 1.29 is 24.2 Å². The molecular weight excluding hydrogens is 534 g/mol. The van der Waals surface area contributed by atoms with Crippen molar-refractivity contribution in [3.8, 4) is 0 Å². The summed E-state index contributed by atoms with van der Waals surface area (Å²) in [6.07, 6.45) is 6.29. The van der Waals surface area contributed by atoms with E-state index in [0.29, 0.717) is 5.71 Å². The quantitative estimate of drug-likeness (QED) is 0.288. The summed E-state index contributed by atoms with van der Waals surface area (Å²) < 4.78 is 5.49. The van der Waals surface area contributed by atoms with Gasteiger partial charge in [0.2, 0.25) is 0 Å². The molecule has 1 saturated heterocycles. The fourth-order valence-electron chi connectivity index (χ4n) is 5.15. The fraction of sp³-hybridized carbons (Fsp3) is 0.345. The molecule has 1 amide bonds. The molecule has 0 radical (unpaired) electrons. The summed E-state index contributed by atoms with van der Waals surface area (Å²) in [4.78, 5) is 40.1. The number of benzene rings is 2. The molecule has 3 aliphatic rings. The monoisotopic (exact) mass is 563 g/mol. The number of amides is 1. The molecule has 2 heterocycles. The van der Waals surface area contributed by atoms with Crippen LogP contribution in [0.2, 0.25) is 0 Å². The molecule has 10 heteroatoms. The Morgan fingerprint density at radius 1 is 1.18 bits per heavy atom. The highest BCUT2D eigenvalue weighted by molar-refractivity contribution is 8.26. The first-order chi connectivity index (χ1) is 18.9. The number of carbonyl (C=O) groups is 3. The number of carboxylic acids is 1. The molecule has 2 unspecified atom stereocenters. The number of hydrogen-bond donors (Lipinski definition) is 1. The summed E-state index contributed by atoms with van der Waals surface area (Å²) in [5.41, 5.74) is 5.05. The van der Waals surface area contributed by atoms with Crippen LogP contribution in [0.4, 0.5) is 0 Å². The largest absolute Gasteiger partial charge is 0.480 e. The van der Waals surface area contributed by atoms with Gasteiger partial charge in [0.05, 0.1) is 17.2 Å². The van der Waals surface area contributed by atoms with Crippen molar-refractivity contribution >= 4 is 51.9 Å². The number of carboxylic acid groups (broad SMARTS) is 1. The van der Waals surface area contributed by atoms with E-state index in [2.05, 4.69) is 17.2 Å². The smallest absolute Gasteiger partial charge is 0.329 e. The number of thioether (sulfide) groups is 1. The van der Waals surface area contributed by atoms with Gasteiger partial charge in [-0.25, -0.2) is 9.59 Å². The van der Waals surface area contributed by atoms with E-state index < -0.39 is 29.9 Å². The van der Waals surface area contributed by atoms with Crippen LogP contribution in [0.1, 0.15) is 48.4 Å². The second-order valence-electron chi connectivity index (χ2n) is 9.67. The lowest BCUT2D eigenvalue weighted by molar-refractivity contribution is -0.150. The molecule has 2 aliphatic heterocycles. The van der Waals surface area contributed by atoms with Crippen molar-refractivity contribution in [2.24, 2.45) is 5.10 Å². The summed E-state index contributed by atoms with van der Waals surface area (Å²) in [6.45, 7) is 1.88. The Hall–Kier alpha value is -3.50. The zero-order valence-corrected chi connectivity index (χ0v) is 23.2. The van der Waals surface area contributed by atoms with Crippen LogP contribution in [-0.4, -0.2) is 61.6 Å². The predicted molar refractivity (Wildman–Crippen MR) is 153 cm³/mol. The van der Waals surface area contributed by atoms with Crippen LogP contribution in [0.15, 0.2) is 64.7 Å². The van der Waals surface area contributed by atoms with Gasteiger partial charge in [-0.05, 0) is 60.9 Å². The van der Waals surface area contributed by atoms with E-state index in [1.165, 1.54) is 33.7 Å². The lowest BCUT2D eigenvalue weighted by Gasteiger charge is -2.25. The van der Waals surface area contributed by atoms with Gasteiger partial charge < -0.3 is 9.84 Å². The number of nitrogens with zero attached hydrogens (tertiary/aromatic N) is 3. The average Bonchev–Trinajstić information content (AvgIpc) is 3.48. The summed E-state index contributed by atoms with van der Waals surface area (Å²) in [5, 5.41) is 15.9. The number of rotatable bonds is 8. The summed E-state index contributed by atoms with van der Waals surface area (Å²) in [6, 6.07) is 13.7. The second-order valence-corrected chi connectivity index (χ2v) is 11.3. The molecule has 1 fully saturated rings. The number of hydrogen-bond acceptors (Lipinski definition) is 8. The molecule has 8 nitrogen and oxygen atoms in total. The van der Waals surface area contributed by atoms with Crippen LogP contribution in [0.3, 0.4) is 0 Å². The first kappa shape index (κ1) is 27.1. The Balaban J connectivity index is 1.42. The highest BCUT2D eigenvalue weighted by Crippen LogP contribution is 2.35. The third kappa shape index (κ3) is 5.77. The normalized spacial score (nSPS) is 20.7. The van der Waals surface area contributed by atoms with E-state index in [1.54, 1.807) is 6.92 Å². The van der Waals surface area contributed by atoms with Gasteiger partial charge in [-0.2, -0.15) is 5.10 Å². The van der Waals surface area contributed by atoms with Gasteiger partial charge in [0, 0.05) is 19.0 Å². The number of aryl methyl sites for hydroxylation is 2. The lowest BCUT2D eigenvalue weighted by Crippen LogP contribution is -2.46. The maximum atomic E-state index is 13.6. The minimum absolute atomic E-state index is 0.170. The van der Waals surface area contributed by atoms with Crippen LogP contribution >= 0.6 is 24.0 Å². The number of fused-ring (bicyclic) bond motifs is 1. The van der Waals surface area contributed by atoms with Crippen molar-refractivity contribution in [1.82, 2.24) is 9.91 Å². The molecule has 0 saturated carbocycles. The summed E-state index contributed by atoms with van der Waals surface area (Å²) >= 11 is 6.55. The molecule has 5 rings (SSSR count). The molecule has 1 aliphatic carbocycles. The van der Waals surface area contributed by atoms with Crippen LogP contribution in [0.25, 0.3) is 0 Å². The third-order valence-electron chi connectivity index (χ3n) is 7.12. The Morgan fingerprint density at radius 2 is 1.92 bits per heavy atom. The van der Waals surface area contributed by atoms with Crippen LogP contribution in [0.5, 0.6) is 0 Å².